The highest BCUT2D eigenvalue weighted by Crippen LogP contribution is 2.19. The van der Waals surface area contributed by atoms with Crippen LogP contribution in [-0.2, 0) is 12.8 Å². The molecule has 0 aliphatic rings. The van der Waals surface area contributed by atoms with Gasteiger partial charge in [-0.15, -0.1) is 35.3 Å². The number of aromatic amines is 1. The van der Waals surface area contributed by atoms with Gasteiger partial charge in [-0.3, -0.25) is 4.99 Å². The first kappa shape index (κ1) is 22.6. The third-order valence-corrected chi connectivity index (χ3v) is 5.27. The van der Waals surface area contributed by atoms with Gasteiger partial charge in [0.1, 0.15) is 5.82 Å². The van der Waals surface area contributed by atoms with Crippen molar-refractivity contribution >= 4 is 52.2 Å². The van der Waals surface area contributed by atoms with Crippen LogP contribution in [0.5, 0.6) is 0 Å². The van der Waals surface area contributed by atoms with Crippen molar-refractivity contribution in [1.29, 1.82) is 0 Å². The Hall–Kier alpha value is -1.68. The van der Waals surface area contributed by atoms with Crippen LogP contribution in [0.3, 0.4) is 0 Å². The normalized spacial score (nSPS) is 11.5. The Balaban J connectivity index is 0.00000280. The van der Waals surface area contributed by atoms with Crippen molar-refractivity contribution in [2.24, 2.45) is 4.99 Å². The van der Waals surface area contributed by atoms with Crippen LogP contribution in [0.1, 0.15) is 29.6 Å². The Labute approximate surface area is 186 Å². The van der Waals surface area contributed by atoms with Crippen LogP contribution in [0.2, 0.25) is 0 Å². The number of aryl methyl sites for hydroxylation is 2. The smallest absolute Gasteiger partial charge is 0.191 e. The summed E-state index contributed by atoms with van der Waals surface area (Å²) >= 11 is 1.72. The highest BCUT2D eigenvalue weighted by Gasteiger charge is 2.05. The molecule has 152 valence electrons. The summed E-state index contributed by atoms with van der Waals surface area (Å²) in [5, 5.41) is 11.0. The summed E-state index contributed by atoms with van der Waals surface area (Å²) in [5.74, 6) is 0.613. The van der Waals surface area contributed by atoms with E-state index in [9.17, 15) is 4.39 Å². The lowest BCUT2D eigenvalue weighted by Crippen LogP contribution is -2.38. The van der Waals surface area contributed by atoms with E-state index < -0.39 is 0 Å². The average Bonchev–Trinajstić information content (AvgIpc) is 3.24. The predicted molar refractivity (Wildman–Crippen MR) is 127 cm³/mol. The molecule has 5 nitrogen and oxygen atoms in total. The molecule has 2 heterocycles. The molecule has 0 amide bonds. The van der Waals surface area contributed by atoms with E-state index in [1.807, 2.05) is 19.2 Å². The molecule has 0 radical (unpaired) electrons. The van der Waals surface area contributed by atoms with Gasteiger partial charge in [0.15, 0.2) is 5.96 Å². The topological polar surface area (TPSA) is 65.1 Å². The largest absolute Gasteiger partial charge is 0.361 e. The van der Waals surface area contributed by atoms with E-state index in [0.717, 1.165) is 61.5 Å². The molecule has 1 aromatic carbocycles. The number of benzene rings is 1. The molecule has 0 fully saturated rings. The van der Waals surface area contributed by atoms with Gasteiger partial charge in [-0.25, -0.2) is 9.37 Å². The molecule has 0 atom stereocenters. The second-order valence-corrected chi connectivity index (χ2v) is 7.37. The predicted octanol–water partition coefficient (Wildman–Crippen LogP) is 4.42. The summed E-state index contributed by atoms with van der Waals surface area (Å²) in [4.78, 5) is 12.3. The summed E-state index contributed by atoms with van der Waals surface area (Å²) in [6.07, 6.45) is 4.74. The Morgan fingerprint density at radius 3 is 2.89 bits per heavy atom. The number of aliphatic imine (C=N–C) groups is 1. The molecular weight excluding hydrogens is 488 g/mol. The molecule has 0 spiro atoms. The minimum absolute atomic E-state index is 0. The van der Waals surface area contributed by atoms with Crippen LogP contribution < -0.4 is 10.6 Å². The summed E-state index contributed by atoms with van der Waals surface area (Å²) in [6, 6.07) is 4.86. The quantitative estimate of drug-likeness (QED) is 0.180. The third kappa shape index (κ3) is 6.44. The zero-order valence-corrected chi connectivity index (χ0v) is 19.4. The maximum Gasteiger partial charge on any atom is 0.191 e. The maximum atomic E-state index is 13.3. The number of H-pyrrole nitrogens is 1. The van der Waals surface area contributed by atoms with Crippen molar-refractivity contribution in [2.45, 2.75) is 33.1 Å². The standard InChI is InChI=1S/C20H26FN5S.HI/c1-3-22-20(23-9-4-5-19-26-14(2)13-27-19)24-10-8-15-12-25-18-11-16(21)6-7-17(15)18;/h6-7,11-13,25H,3-5,8-10H2,1-2H3,(H2,22,23,24);1H. The highest BCUT2D eigenvalue weighted by atomic mass is 127. The Morgan fingerprint density at radius 2 is 2.14 bits per heavy atom. The van der Waals surface area contributed by atoms with Crippen molar-refractivity contribution in [3.05, 3.63) is 51.9 Å². The van der Waals surface area contributed by atoms with E-state index in [1.54, 1.807) is 11.3 Å². The van der Waals surface area contributed by atoms with Gasteiger partial charge < -0.3 is 15.6 Å². The van der Waals surface area contributed by atoms with E-state index >= 15 is 0 Å². The summed E-state index contributed by atoms with van der Waals surface area (Å²) in [5.41, 5.74) is 3.10. The van der Waals surface area contributed by atoms with Gasteiger partial charge in [0, 0.05) is 54.2 Å². The molecule has 2 aromatic heterocycles. The SMILES string of the molecule is CCNC(=NCCCc1nc(C)cs1)NCCc1c[nH]c2cc(F)ccc12.I. The molecule has 0 aliphatic heterocycles. The molecule has 0 saturated carbocycles. The van der Waals surface area contributed by atoms with Crippen molar-refractivity contribution in [1.82, 2.24) is 20.6 Å². The zero-order chi connectivity index (χ0) is 19.1. The Morgan fingerprint density at radius 1 is 1.29 bits per heavy atom. The number of rotatable bonds is 8. The number of guanidine groups is 1. The summed E-state index contributed by atoms with van der Waals surface area (Å²) in [7, 11) is 0. The number of nitrogens with one attached hydrogen (secondary N) is 3. The third-order valence-electron chi connectivity index (χ3n) is 4.25. The fraction of sp³-hybridized carbons (Fsp3) is 0.400. The molecule has 3 aromatic rings. The minimum Gasteiger partial charge on any atom is -0.361 e. The van der Waals surface area contributed by atoms with Gasteiger partial charge in [-0.1, -0.05) is 0 Å². The molecule has 8 heteroatoms. The van der Waals surface area contributed by atoms with Crippen LogP contribution >= 0.6 is 35.3 Å². The van der Waals surface area contributed by atoms with Crippen molar-refractivity contribution < 1.29 is 4.39 Å². The summed E-state index contributed by atoms with van der Waals surface area (Å²) < 4.78 is 13.3. The van der Waals surface area contributed by atoms with Crippen molar-refractivity contribution in [3.8, 4) is 0 Å². The Bertz CT molecular complexity index is 905. The summed E-state index contributed by atoms with van der Waals surface area (Å²) in [6.45, 7) is 6.44. The molecule has 3 N–H and O–H groups in total. The van der Waals surface area contributed by atoms with E-state index in [2.05, 4.69) is 37.9 Å². The lowest BCUT2D eigenvalue weighted by atomic mass is 10.1. The maximum absolute atomic E-state index is 13.3. The lowest BCUT2D eigenvalue weighted by molar-refractivity contribution is 0.629. The van der Waals surface area contributed by atoms with Crippen LogP contribution in [0.4, 0.5) is 4.39 Å². The van der Waals surface area contributed by atoms with E-state index in [1.165, 1.54) is 22.7 Å². The first-order chi connectivity index (χ1) is 13.2. The van der Waals surface area contributed by atoms with Gasteiger partial charge in [0.2, 0.25) is 0 Å². The van der Waals surface area contributed by atoms with Gasteiger partial charge in [0.25, 0.3) is 0 Å². The molecule has 0 unspecified atom stereocenters. The molecule has 0 saturated heterocycles. The van der Waals surface area contributed by atoms with Gasteiger partial charge in [-0.2, -0.15) is 0 Å². The highest BCUT2D eigenvalue weighted by molar-refractivity contribution is 14.0. The van der Waals surface area contributed by atoms with E-state index in [4.69, 9.17) is 0 Å². The molecular formula is C20H27FIN5S. The first-order valence-electron chi connectivity index (χ1n) is 9.34. The fourth-order valence-electron chi connectivity index (χ4n) is 2.96. The molecule has 0 aliphatic carbocycles. The average molecular weight is 515 g/mol. The van der Waals surface area contributed by atoms with Gasteiger partial charge >= 0.3 is 0 Å². The van der Waals surface area contributed by atoms with E-state index in [0.29, 0.717) is 0 Å². The fourth-order valence-corrected chi connectivity index (χ4v) is 3.78. The van der Waals surface area contributed by atoms with E-state index in [-0.39, 0.29) is 29.8 Å². The number of hydrogen-bond acceptors (Lipinski definition) is 3. The van der Waals surface area contributed by atoms with Gasteiger partial charge in [0.05, 0.1) is 5.01 Å². The second kappa shape index (κ2) is 11.4. The van der Waals surface area contributed by atoms with Crippen LogP contribution in [0, 0.1) is 12.7 Å². The lowest BCUT2D eigenvalue weighted by Gasteiger charge is -2.11. The second-order valence-electron chi connectivity index (χ2n) is 6.43. The number of aromatic nitrogens is 2. The Kier molecular flexibility index (Phi) is 9.17. The monoisotopic (exact) mass is 515 g/mol. The molecule has 0 bridgehead atoms. The van der Waals surface area contributed by atoms with Crippen LogP contribution in [0.25, 0.3) is 10.9 Å². The molecule has 3 rings (SSSR count). The van der Waals surface area contributed by atoms with Crippen molar-refractivity contribution in [2.75, 3.05) is 19.6 Å². The number of fused-ring (bicyclic) bond motifs is 1. The van der Waals surface area contributed by atoms with Crippen LogP contribution in [0.15, 0.2) is 34.8 Å². The van der Waals surface area contributed by atoms with Crippen LogP contribution in [-0.4, -0.2) is 35.6 Å². The number of halogens is 2. The zero-order valence-electron chi connectivity index (χ0n) is 16.2. The first-order valence-corrected chi connectivity index (χ1v) is 10.2. The minimum atomic E-state index is -0.219. The number of hydrogen-bond donors (Lipinski definition) is 3. The number of thiazole rings is 1. The van der Waals surface area contributed by atoms with Crippen molar-refractivity contribution in [3.63, 3.8) is 0 Å². The number of nitrogens with zero attached hydrogens (tertiary/aromatic N) is 2. The van der Waals surface area contributed by atoms with Gasteiger partial charge in [-0.05, 0) is 50.5 Å². The molecule has 28 heavy (non-hydrogen) atoms.